The van der Waals surface area contributed by atoms with Crippen molar-refractivity contribution in [3.8, 4) is 11.8 Å². The molecule has 0 saturated heterocycles. The maximum Gasteiger partial charge on any atom is 0.235 e. The second-order valence-corrected chi connectivity index (χ2v) is 2.74. The van der Waals surface area contributed by atoms with E-state index >= 15 is 0 Å². The number of Topliss-reactive ketones (excluding diaryl/α,β-unsaturated/α-hetero) is 1. The van der Waals surface area contributed by atoms with E-state index in [0.717, 1.165) is 6.07 Å². The minimum absolute atomic E-state index is 0.000933. The summed E-state index contributed by atoms with van der Waals surface area (Å²) in [6.07, 6.45) is 0. The topological polar surface area (TPSA) is 17.1 Å². The number of carbonyl (C=O) groups is 1. The Morgan fingerprint density at radius 3 is 2.77 bits per heavy atom. The molecule has 0 radical (unpaired) electrons. The summed E-state index contributed by atoms with van der Waals surface area (Å²) in [7, 11) is 0. The smallest absolute Gasteiger partial charge is 0.235 e. The fourth-order valence-corrected chi connectivity index (χ4v) is 0.941. The van der Waals surface area contributed by atoms with Crippen molar-refractivity contribution in [1.29, 1.82) is 0 Å². The van der Waals surface area contributed by atoms with Gasteiger partial charge in [-0.1, -0.05) is 17.5 Å². The summed E-state index contributed by atoms with van der Waals surface area (Å²) in [5.74, 6) is 3.74. The van der Waals surface area contributed by atoms with Gasteiger partial charge in [0, 0.05) is 5.56 Å². The maximum absolute atomic E-state index is 12.8. The molecule has 66 valence electrons. The Bertz CT molecular complexity index is 401. The molecule has 0 N–H and O–H groups in total. The number of hydrogen-bond donors (Lipinski definition) is 0. The molecule has 0 spiro atoms. The van der Waals surface area contributed by atoms with Crippen LogP contribution in [0.1, 0.15) is 17.3 Å². The van der Waals surface area contributed by atoms with Crippen LogP contribution < -0.4 is 0 Å². The molecule has 0 saturated carbocycles. The van der Waals surface area contributed by atoms with Gasteiger partial charge in [-0.3, -0.25) is 4.79 Å². The van der Waals surface area contributed by atoms with Gasteiger partial charge in [-0.05, 0) is 31.0 Å². The van der Waals surface area contributed by atoms with E-state index in [1.807, 2.05) is 0 Å². The molecule has 0 bridgehead atoms. The predicted octanol–water partition coefficient (Wildman–Crippen LogP) is 2.69. The normalized spacial score (nSPS) is 8.85. The molecule has 0 aliphatic heterocycles. The van der Waals surface area contributed by atoms with E-state index in [1.165, 1.54) is 12.1 Å². The summed E-state index contributed by atoms with van der Waals surface area (Å²) in [4.78, 5) is 11.1. The van der Waals surface area contributed by atoms with Crippen molar-refractivity contribution in [2.24, 2.45) is 0 Å². The van der Waals surface area contributed by atoms with Crippen LogP contribution in [0.4, 0.5) is 4.39 Å². The van der Waals surface area contributed by atoms with E-state index in [1.54, 1.807) is 6.92 Å². The van der Waals surface area contributed by atoms with E-state index in [2.05, 4.69) is 11.8 Å². The zero-order valence-corrected chi connectivity index (χ0v) is 7.65. The molecule has 0 aliphatic carbocycles. The van der Waals surface area contributed by atoms with Crippen LogP contribution in [0, 0.1) is 17.7 Å². The summed E-state index contributed by atoms with van der Waals surface area (Å²) in [5.41, 5.74) is 0.219. The molecular formula is C10H6ClFO. The molecular weight excluding hydrogens is 191 g/mol. The quantitative estimate of drug-likeness (QED) is 0.384. The van der Waals surface area contributed by atoms with Crippen LogP contribution >= 0.6 is 11.6 Å². The van der Waals surface area contributed by atoms with Crippen molar-refractivity contribution in [3.05, 3.63) is 34.6 Å². The van der Waals surface area contributed by atoms with Crippen molar-refractivity contribution in [2.45, 2.75) is 6.92 Å². The van der Waals surface area contributed by atoms with Crippen LogP contribution in [0.15, 0.2) is 18.2 Å². The van der Waals surface area contributed by atoms with Crippen LogP contribution in [0.3, 0.4) is 0 Å². The Balaban J connectivity index is 3.08. The van der Waals surface area contributed by atoms with Crippen LogP contribution in [0.5, 0.6) is 0 Å². The summed E-state index contributed by atoms with van der Waals surface area (Å²) < 4.78 is 12.8. The highest BCUT2D eigenvalue weighted by Gasteiger charge is 2.05. The molecule has 0 aromatic heterocycles. The molecule has 1 rings (SSSR count). The van der Waals surface area contributed by atoms with Gasteiger partial charge in [0.05, 0.1) is 5.02 Å². The zero-order chi connectivity index (χ0) is 9.84. The SMILES string of the molecule is CC#CC(=O)c1ccc(Cl)c(F)c1. The van der Waals surface area contributed by atoms with Crippen LogP contribution in [-0.2, 0) is 0 Å². The van der Waals surface area contributed by atoms with Gasteiger partial charge in [-0.15, -0.1) is 0 Å². The summed E-state index contributed by atoms with van der Waals surface area (Å²) >= 11 is 5.44. The first-order valence-electron chi connectivity index (χ1n) is 3.57. The van der Waals surface area contributed by atoms with E-state index < -0.39 is 11.6 Å². The van der Waals surface area contributed by atoms with Crippen LogP contribution in [-0.4, -0.2) is 5.78 Å². The number of halogens is 2. The summed E-state index contributed by atoms with van der Waals surface area (Å²) in [6.45, 7) is 1.55. The first kappa shape index (κ1) is 9.76. The first-order valence-corrected chi connectivity index (χ1v) is 3.95. The predicted molar refractivity (Wildman–Crippen MR) is 49.2 cm³/mol. The van der Waals surface area contributed by atoms with Gasteiger partial charge in [0.2, 0.25) is 5.78 Å². The third kappa shape index (κ3) is 2.30. The molecule has 0 amide bonds. The Labute approximate surface area is 80.5 Å². The van der Waals surface area contributed by atoms with E-state index in [0.29, 0.717) is 0 Å². The Morgan fingerprint density at radius 1 is 1.54 bits per heavy atom. The number of ketones is 1. The molecule has 1 nitrogen and oxygen atoms in total. The molecule has 0 atom stereocenters. The molecule has 3 heteroatoms. The molecule has 0 aliphatic rings. The van der Waals surface area contributed by atoms with Crippen molar-refractivity contribution < 1.29 is 9.18 Å². The van der Waals surface area contributed by atoms with Crippen molar-refractivity contribution >= 4 is 17.4 Å². The van der Waals surface area contributed by atoms with Crippen molar-refractivity contribution in [2.75, 3.05) is 0 Å². The Morgan fingerprint density at radius 2 is 2.23 bits per heavy atom. The molecule has 0 unspecified atom stereocenters. The van der Waals surface area contributed by atoms with Crippen LogP contribution in [0.25, 0.3) is 0 Å². The minimum Gasteiger partial charge on any atom is -0.279 e. The van der Waals surface area contributed by atoms with Gasteiger partial charge >= 0.3 is 0 Å². The lowest BCUT2D eigenvalue weighted by molar-refractivity contribution is 0.105. The van der Waals surface area contributed by atoms with E-state index in [-0.39, 0.29) is 10.6 Å². The third-order valence-electron chi connectivity index (χ3n) is 1.42. The number of benzene rings is 1. The van der Waals surface area contributed by atoms with Crippen molar-refractivity contribution in [1.82, 2.24) is 0 Å². The monoisotopic (exact) mass is 196 g/mol. The molecule has 13 heavy (non-hydrogen) atoms. The third-order valence-corrected chi connectivity index (χ3v) is 1.73. The lowest BCUT2D eigenvalue weighted by atomic mass is 10.1. The molecule has 0 heterocycles. The molecule has 0 fully saturated rings. The number of rotatable bonds is 1. The fraction of sp³-hybridized carbons (Fsp3) is 0.100. The van der Waals surface area contributed by atoms with Gasteiger partial charge in [-0.25, -0.2) is 4.39 Å². The standard InChI is InChI=1S/C10H6ClFO/c1-2-3-10(13)7-4-5-8(11)9(12)6-7/h4-6H,1H3. The number of carbonyl (C=O) groups excluding carboxylic acids is 1. The Hall–Kier alpha value is -1.33. The minimum atomic E-state index is -0.606. The fourth-order valence-electron chi connectivity index (χ4n) is 0.823. The van der Waals surface area contributed by atoms with E-state index in [4.69, 9.17) is 11.6 Å². The lowest BCUT2D eigenvalue weighted by Gasteiger charge is -1.95. The Kier molecular flexibility index (Phi) is 3.05. The van der Waals surface area contributed by atoms with Crippen LogP contribution in [0.2, 0.25) is 5.02 Å². The van der Waals surface area contributed by atoms with E-state index in [9.17, 15) is 9.18 Å². The van der Waals surface area contributed by atoms with Gasteiger partial charge < -0.3 is 0 Å². The molecule has 1 aromatic rings. The highest BCUT2D eigenvalue weighted by Crippen LogP contribution is 2.15. The lowest BCUT2D eigenvalue weighted by Crippen LogP contribution is -1.95. The second-order valence-electron chi connectivity index (χ2n) is 2.33. The van der Waals surface area contributed by atoms with Gasteiger partial charge in [0.15, 0.2) is 0 Å². The summed E-state index contributed by atoms with van der Waals surface area (Å²) in [5, 5.41) is 0.000933. The largest absolute Gasteiger partial charge is 0.279 e. The highest BCUT2D eigenvalue weighted by atomic mass is 35.5. The highest BCUT2D eigenvalue weighted by molar-refractivity contribution is 6.30. The zero-order valence-electron chi connectivity index (χ0n) is 6.90. The number of hydrogen-bond acceptors (Lipinski definition) is 1. The molecule has 1 aromatic carbocycles. The first-order chi connectivity index (χ1) is 6.15. The summed E-state index contributed by atoms with van der Waals surface area (Å²) in [6, 6.07) is 3.86. The average Bonchev–Trinajstić information content (AvgIpc) is 2.10. The van der Waals surface area contributed by atoms with Gasteiger partial charge in [-0.2, -0.15) is 0 Å². The second kappa shape index (κ2) is 4.06. The van der Waals surface area contributed by atoms with Crippen molar-refractivity contribution in [3.63, 3.8) is 0 Å². The average molecular weight is 197 g/mol. The maximum atomic E-state index is 12.8. The van der Waals surface area contributed by atoms with Gasteiger partial charge in [0.1, 0.15) is 5.82 Å². The van der Waals surface area contributed by atoms with Gasteiger partial charge in [0.25, 0.3) is 0 Å².